The van der Waals surface area contributed by atoms with Gasteiger partial charge in [-0.1, -0.05) is 6.07 Å². The number of anilines is 1. The molecule has 132 valence electrons. The van der Waals surface area contributed by atoms with Gasteiger partial charge in [0.25, 0.3) is 0 Å². The van der Waals surface area contributed by atoms with Crippen LogP contribution in [0.1, 0.15) is 19.8 Å². The Bertz CT molecular complexity index is 565. The zero-order valence-electron chi connectivity index (χ0n) is 14.2. The number of hydrogen-bond donors (Lipinski definition) is 2. The smallest absolute Gasteiger partial charge is 0.319 e. The first-order valence-electron chi connectivity index (χ1n) is 8.15. The summed E-state index contributed by atoms with van der Waals surface area (Å²) in [5, 5.41) is 5.62. The Hall–Kier alpha value is -2.28. The van der Waals surface area contributed by atoms with Gasteiger partial charge in [0, 0.05) is 44.4 Å². The van der Waals surface area contributed by atoms with Crippen molar-refractivity contribution in [1.29, 1.82) is 0 Å². The fourth-order valence-corrected chi connectivity index (χ4v) is 2.57. The van der Waals surface area contributed by atoms with Crippen LogP contribution in [0.25, 0.3) is 0 Å². The van der Waals surface area contributed by atoms with Gasteiger partial charge in [-0.05, 0) is 25.5 Å². The summed E-state index contributed by atoms with van der Waals surface area (Å²) in [5.74, 6) is 0.825. The number of urea groups is 1. The zero-order valence-corrected chi connectivity index (χ0v) is 14.2. The van der Waals surface area contributed by atoms with Crippen molar-refractivity contribution < 1.29 is 19.1 Å². The highest BCUT2D eigenvalue weighted by Gasteiger charge is 2.22. The Morgan fingerprint density at radius 3 is 2.92 bits per heavy atom. The molecule has 1 unspecified atom stereocenters. The van der Waals surface area contributed by atoms with Gasteiger partial charge in [0.1, 0.15) is 12.4 Å². The maximum absolute atomic E-state index is 12.1. The van der Waals surface area contributed by atoms with Crippen LogP contribution in [-0.2, 0) is 9.53 Å². The molecule has 0 aliphatic carbocycles. The van der Waals surface area contributed by atoms with Crippen molar-refractivity contribution in [3.8, 4) is 5.75 Å². The van der Waals surface area contributed by atoms with E-state index in [0.29, 0.717) is 37.6 Å². The third-order valence-electron chi connectivity index (χ3n) is 3.69. The van der Waals surface area contributed by atoms with E-state index in [9.17, 15) is 9.59 Å². The summed E-state index contributed by atoms with van der Waals surface area (Å²) in [5.41, 5.74) is 0.645. The number of benzene rings is 1. The number of likely N-dealkylation sites (tertiary alicyclic amines) is 1. The predicted octanol–water partition coefficient (Wildman–Crippen LogP) is 1.84. The van der Waals surface area contributed by atoms with Crippen molar-refractivity contribution in [3.05, 3.63) is 24.3 Å². The Kier molecular flexibility index (Phi) is 6.87. The fourth-order valence-electron chi connectivity index (χ4n) is 2.57. The van der Waals surface area contributed by atoms with Crippen molar-refractivity contribution in [3.63, 3.8) is 0 Å². The van der Waals surface area contributed by atoms with Crippen molar-refractivity contribution in [2.24, 2.45) is 0 Å². The van der Waals surface area contributed by atoms with Crippen molar-refractivity contribution in [2.45, 2.75) is 25.8 Å². The highest BCUT2D eigenvalue weighted by atomic mass is 16.5. The Labute approximate surface area is 142 Å². The summed E-state index contributed by atoms with van der Waals surface area (Å²) in [4.78, 5) is 25.5. The molecule has 7 nitrogen and oxygen atoms in total. The van der Waals surface area contributed by atoms with Crippen LogP contribution in [0.3, 0.4) is 0 Å². The molecule has 0 saturated carbocycles. The number of rotatable bonds is 8. The molecule has 0 spiro atoms. The molecule has 1 atom stereocenters. The maximum Gasteiger partial charge on any atom is 0.319 e. The highest BCUT2D eigenvalue weighted by molar-refractivity contribution is 5.89. The molecule has 24 heavy (non-hydrogen) atoms. The molecule has 1 aromatic rings. The molecule has 0 radical (unpaired) electrons. The van der Waals surface area contributed by atoms with Gasteiger partial charge in [-0.15, -0.1) is 0 Å². The third kappa shape index (κ3) is 5.73. The van der Waals surface area contributed by atoms with Crippen LogP contribution < -0.4 is 15.4 Å². The first-order valence-corrected chi connectivity index (χ1v) is 8.15. The van der Waals surface area contributed by atoms with Crippen molar-refractivity contribution in [1.82, 2.24) is 10.2 Å². The average molecular weight is 335 g/mol. The zero-order chi connectivity index (χ0) is 17.4. The molecule has 1 saturated heterocycles. The molecule has 2 N–H and O–H groups in total. The number of hydrogen-bond acceptors (Lipinski definition) is 4. The molecule has 1 aliphatic rings. The minimum Gasteiger partial charge on any atom is -0.491 e. The first kappa shape index (κ1) is 18.1. The van der Waals surface area contributed by atoms with Gasteiger partial charge >= 0.3 is 6.03 Å². The van der Waals surface area contributed by atoms with Gasteiger partial charge in [-0.3, -0.25) is 4.79 Å². The second-order valence-electron chi connectivity index (χ2n) is 5.81. The number of nitrogens with one attached hydrogen (secondary N) is 2. The van der Waals surface area contributed by atoms with E-state index in [1.807, 2.05) is 19.1 Å². The van der Waals surface area contributed by atoms with Crippen LogP contribution >= 0.6 is 0 Å². The number of amides is 3. The maximum atomic E-state index is 12.1. The monoisotopic (exact) mass is 335 g/mol. The van der Waals surface area contributed by atoms with Gasteiger partial charge in [0.05, 0.1) is 6.61 Å². The number of ether oxygens (including phenoxy) is 2. The van der Waals surface area contributed by atoms with Crippen molar-refractivity contribution >= 4 is 17.6 Å². The van der Waals surface area contributed by atoms with E-state index in [-0.39, 0.29) is 18.0 Å². The van der Waals surface area contributed by atoms with E-state index in [2.05, 4.69) is 10.6 Å². The first-order chi connectivity index (χ1) is 11.6. The van der Waals surface area contributed by atoms with Gasteiger partial charge in [-0.25, -0.2) is 4.79 Å². The van der Waals surface area contributed by atoms with E-state index in [1.165, 1.54) is 0 Å². The molecule has 7 heteroatoms. The molecule has 0 aromatic heterocycles. The van der Waals surface area contributed by atoms with E-state index >= 15 is 0 Å². The Morgan fingerprint density at radius 1 is 1.38 bits per heavy atom. The Balaban J connectivity index is 1.78. The quantitative estimate of drug-likeness (QED) is 0.711. The standard InChI is InChI=1S/C17H25N3O4/c1-13(12-20-8-4-7-16(20)21)18-17(22)19-14-5-3-6-15(11-14)24-10-9-23-2/h3,5-6,11,13H,4,7-10,12H2,1-2H3,(H2,18,19,22). The van der Waals surface area contributed by atoms with Gasteiger partial charge in [0.2, 0.25) is 5.91 Å². The predicted molar refractivity (Wildman–Crippen MR) is 91.2 cm³/mol. The van der Waals surface area contributed by atoms with Crippen molar-refractivity contribution in [2.75, 3.05) is 38.7 Å². The van der Waals surface area contributed by atoms with E-state index < -0.39 is 0 Å². The molecule has 1 fully saturated rings. The number of carbonyl (C=O) groups excluding carboxylic acids is 2. The normalized spacial score (nSPS) is 15.2. The minimum absolute atomic E-state index is 0.117. The topological polar surface area (TPSA) is 79.9 Å². The fraction of sp³-hybridized carbons (Fsp3) is 0.529. The van der Waals surface area contributed by atoms with Gasteiger partial charge in [0.15, 0.2) is 0 Å². The lowest BCUT2D eigenvalue weighted by molar-refractivity contribution is -0.127. The molecule has 1 aromatic carbocycles. The summed E-state index contributed by atoms with van der Waals surface area (Å²) in [6.07, 6.45) is 1.50. The van der Waals surface area contributed by atoms with Crippen LogP contribution in [0.5, 0.6) is 5.75 Å². The van der Waals surface area contributed by atoms with E-state index in [4.69, 9.17) is 9.47 Å². The van der Waals surface area contributed by atoms with E-state index in [1.54, 1.807) is 24.1 Å². The molecule has 1 heterocycles. The molecule has 2 rings (SSSR count). The number of nitrogens with zero attached hydrogens (tertiary/aromatic N) is 1. The van der Waals surface area contributed by atoms with Crippen LogP contribution in [0.4, 0.5) is 10.5 Å². The van der Waals surface area contributed by atoms with Crippen LogP contribution in [0.2, 0.25) is 0 Å². The van der Waals surface area contributed by atoms with Crippen LogP contribution in [-0.4, -0.2) is 56.3 Å². The lowest BCUT2D eigenvalue weighted by Gasteiger charge is -2.21. The Morgan fingerprint density at radius 2 is 2.21 bits per heavy atom. The number of methoxy groups -OCH3 is 1. The third-order valence-corrected chi connectivity index (χ3v) is 3.69. The summed E-state index contributed by atoms with van der Waals surface area (Å²) in [7, 11) is 1.61. The molecular weight excluding hydrogens is 310 g/mol. The second kappa shape index (κ2) is 9.12. The van der Waals surface area contributed by atoms with Gasteiger partial charge < -0.3 is 25.0 Å². The molecular formula is C17H25N3O4. The van der Waals surface area contributed by atoms with Crippen LogP contribution in [0, 0.1) is 0 Å². The highest BCUT2D eigenvalue weighted by Crippen LogP contribution is 2.17. The summed E-state index contributed by atoms with van der Waals surface area (Å²) in [6, 6.07) is 6.75. The summed E-state index contributed by atoms with van der Waals surface area (Å²) < 4.78 is 10.4. The summed E-state index contributed by atoms with van der Waals surface area (Å²) in [6.45, 7) is 4.15. The SMILES string of the molecule is COCCOc1cccc(NC(=O)NC(C)CN2CCCC2=O)c1. The van der Waals surface area contributed by atoms with E-state index in [0.717, 1.165) is 13.0 Å². The summed E-state index contributed by atoms with van der Waals surface area (Å²) >= 11 is 0. The lowest BCUT2D eigenvalue weighted by atomic mass is 10.3. The lowest BCUT2D eigenvalue weighted by Crippen LogP contribution is -2.44. The van der Waals surface area contributed by atoms with Gasteiger partial charge in [-0.2, -0.15) is 0 Å². The number of carbonyl (C=O) groups is 2. The average Bonchev–Trinajstić information content (AvgIpc) is 2.92. The minimum atomic E-state index is -0.303. The second-order valence-corrected chi connectivity index (χ2v) is 5.81. The molecule has 0 bridgehead atoms. The molecule has 1 aliphatic heterocycles. The largest absolute Gasteiger partial charge is 0.491 e. The molecule has 3 amide bonds. The van der Waals surface area contributed by atoms with Crippen LogP contribution in [0.15, 0.2) is 24.3 Å².